The van der Waals surface area contributed by atoms with Crippen molar-refractivity contribution >= 4 is 16.9 Å². The van der Waals surface area contributed by atoms with Crippen molar-refractivity contribution in [3.8, 4) is 0 Å². The number of nitrogens with zero attached hydrogens (tertiary/aromatic N) is 1. The second-order valence-corrected chi connectivity index (χ2v) is 5.32. The number of aryl methyl sites for hydroxylation is 2. The van der Waals surface area contributed by atoms with Crippen molar-refractivity contribution in [2.24, 2.45) is 0 Å². The van der Waals surface area contributed by atoms with Gasteiger partial charge in [0.1, 0.15) is 0 Å². The van der Waals surface area contributed by atoms with E-state index in [1.54, 1.807) is 19.9 Å². The Kier molecular flexibility index (Phi) is 2.67. The van der Waals surface area contributed by atoms with Gasteiger partial charge >= 0.3 is 5.97 Å². The Labute approximate surface area is 114 Å². The Morgan fingerprint density at radius 1 is 1.30 bits per heavy atom. The summed E-state index contributed by atoms with van der Waals surface area (Å²) >= 11 is 0. The first-order chi connectivity index (χ1) is 9.43. The highest BCUT2D eigenvalue weighted by atomic mass is 19.1. The first kappa shape index (κ1) is 12.8. The number of carbonyl (C=O) groups is 1. The number of hydrogen-bond donors (Lipinski definition) is 1. The van der Waals surface area contributed by atoms with Gasteiger partial charge in [0.25, 0.3) is 0 Å². The first-order valence-electron chi connectivity index (χ1n) is 6.50. The lowest BCUT2D eigenvalue weighted by atomic mass is 10.0. The molecule has 0 spiro atoms. The van der Waals surface area contributed by atoms with E-state index in [-0.39, 0.29) is 6.04 Å². The number of carboxylic acids is 1. The molecule has 0 bridgehead atoms. The summed E-state index contributed by atoms with van der Waals surface area (Å²) in [6, 6.07) is 3.55. The van der Waals surface area contributed by atoms with E-state index in [2.05, 4.69) is 0 Å². The molecule has 1 aliphatic carbocycles. The first-order valence-corrected chi connectivity index (χ1v) is 6.50. The number of aromatic carboxylic acids is 1. The fourth-order valence-corrected chi connectivity index (χ4v) is 2.69. The summed E-state index contributed by atoms with van der Waals surface area (Å²) in [6.07, 6.45) is 1.61. The molecule has 0 aliphatic heterocycles. The van der Waals surface area contributed by atoms with Crippen LogP contribution in [0.3, 0.4) is 0 Å². The number of benzene rings is 1. The Morgan fingerprint density at radius 3 is 2.45 bits per heavy atom. The minimum atomic E-state index is -1.51. The molecule has 1 aromatic carbocycles. The average Bonchev–Trinajstić information content (AvgIpc) is 3.17. The smallest absolute Gasteiger partial charge is 0.344 e. The molecule has 0 amide bonds. The topological polar surface area (TPSA) is 59.3 Å². The van der Waals surface area contributed by atoms with E-state index in [4.69, 9.17) is 5.11 Å². The summed E-state index contributed by atoms with van der Waals surface area (Å²) in [7, 11) is 0. The number of halogens is 1. The predicted octanol–water partition coefficient (Wildman–Crippen LogP) is 2.79. The van der Waals surface area contributed by atoms with Gasteiger partial charge in [0.15, 0.2) is 5.56 Å². The van der Waals surface area contributed by atoms with Gasteiger partial charge in [0.05, 0.1) is 5.52 Å². The van der Waals surface area contributed by atoms with Gasteiger partial charge in [-0.05, 0) is 37.8 Å². The fourth-order valence-electron chi connectivity index (χ4n) is 2.69. The zero-order valence-electron chi connectivity index (χ0n) is 11.2. The number of pyridine rings is 1. The third-order valence-electron chi connectivity index (χ3n) is 3.83. The van der Waals surface area contributed by atoms with E-state index in [0.717, 1.165) is 18.4 Å². The minimum absolute atomic E-state index is 0.0447. The summed E-state index contributed by atoms with van der Waals surface area (Å²) in [5, 5.41) is 9.45. The molecule has 1 saturated carbocycles. The molecule has 0 atom stereocenters. The zero-order valence-corrected chi connectivity index (χ0v) is 11.2. The molecule has 20 heavy (non-hydrogen) atoms. The number of carboxylic acid groups (broad SMARTS) is 1. The summed E-state index contributed by atoms with van der Waals surface area (Å²) < 4.78 is 15.9. The maximum atomic E-state index is 14.5. The molecule has 1 fully saturated rings. The Bertz CT molecular complexity index is 803. The van der Waals surface area contributed by atoms with Crippen LogP contribution in [0, 0.1) is 19.8 Å². The molecule has 104 valence electrons. The highest BCUT2D eigenvalue weighted by molar-refractivity contribution is 5.95. The molecule has 0 saturated heterocycles. The lowest BCUT2D eigenvalue weighted by Crippen LogP contribution is -2.24. The van der Waals surface area contributed by atoms with Crippen LogP contribution >= 0.6 is 0 Å². The molecule has 0 unspecified atom stereocenters. The van der Waals surface area contributed by atoms with Crippen molar-refractivity contribution < 1.29 is 14.3 Å². The van der Waals surface area contributed by atoms with Crippen molar-refractivity contribution in [2.45, 2.75) is 32.7 Å². The molecule has 5 heteroatoms. The highest BCUT2D eigenvalue weighted by Crippen LogP contribution is 2.39. The van der Waals surface area contributed by atoms with Crippen LogP contribution in [0.1, 0.15) is 40.4 Å². The van der Waals surface area contributed by atoms with Gasteiger partial charge in [-0.1, -0.05) is 12.1 Å². The third kappa shape index (κ3) is 1.66. The van der Waals surface area contributed by atoms with Crippen LogP contribution in [0.5, 0.6) is 0 Å². The zero-order chi connectivity index (χ0) is 14.6. The molecule has 1 N–H and O–H groups in total. The van der Waals surface area contributed by atoms with E-state index >= 15 is 0 Å². The second kappa shape index (κ2) is 4.16. The lowest BCUT2D eigenvalue weighted by Gasteiger charge is -2.16. The van der Waals surface area contributed by atoms with Crippen LogP contribution in [-0.2, 0) is 0 Å². The Hall–Kier alpha value is -2.17. The molecule has 3 rings (SSSR count). The average molecular weight is 275 g/mol. The number of rotatable bonds is 2. The maximum absolute atomic E-state index is 14.5. The largest absolute Gasteiger partial charge is 0.477 e. The number of hydrogen-bond acceptors (Lipinski definition) is 2. The Morgan fingerprint density at radius 2 is 1.90 bits per heavy atom. The molecular formula is C15H14FNO3. The fraction of sp³-hybridized carbons (Fsp3) is 0.333. The summed E-state index contributed by atoms with van der Waals surface area (Å²) in [5.41, 5.74) is 0.499. The predicted molar refractivity (Wildman–Crippen MR) is 72.9 cm³/mol. The summed E-state index contributed by atoms with van der Waals surface area (Å²) in [4.78, 5) is 23.5. The van der Waals surface area contributed by atoms with Gasteiger partial charge in [-0.15, -0.1) is 0 Å². The van der Waals surface area contributed by atoms with Crippen molar-refractivity contribution in [3.05, 3.63) is 45.0 Å². The SMILES string of the molecule is Cc1ccc(C)c2c1c(=O)c(C(=O)O)c(F)n2C1CC1. The summed E-state index contributed by atoms with van der Waals surface area (Å²) in [5.74, 6) is -2.43. The number of aromatic nitrogens is 1. The second-order valence-electron chi connectivity index (χ2n) is 5.32. The monoisotopic (exact) mass is 275 g/mol. The van der Waals surface area contributed by atoms with Gasteiger partial charge in [0, 0.05) is 11.4 Å². The molecule has 4 nitrogen and oxygen atoms in total. The van der Waals surface area contributed by atoms with Crippen molar-refractivity contribution in [3.63, 3.8) is 0 Å². The molecule has 1 aromatic heterocycles. The standard InChI is InChI=1S/C15H14FNO3/c1-7-3-4-8(2)12-10(7)13(18)11(15(19)20)14(16)17(12)9-5-6-9/h3-4,9H,5-6H2,1-2H3,(H,19,20). The molecule has 1 aliphatic rings. The normalized spacial score (nSPS) is 14.8. The van der Waals surface area contributed by atoms with E-state index < -0.39 is 22.9 Å². The molecule has 0 radical (unpaired) electrons. The van der Waals surface area contributed by atoms with Gasteiger partial charge in [-0.3, -0.25) is 4.79 Å². The van der Waals surface area contributed by atoms with E-state index in [9.17, 15) is 14.0 Å². The van der Waals surface area contributed by atoms with Crippen LogP contribution in [0.2, 0.25) is 0 Å². The number of fused-ring (bicyclic) bond motifs is 1. The molecular weight excluding hydrogens is 261 g/mol. The third-order valence-corrected chi connectivity index (χ3v) is 3.83. The maximum Gasteiger partial charge on any atom is 0.344 e. The van der Waals surface area contributed by atoms with Crippen LogP contribution < -0.4 is 5.43 Å². The Balaban J connectivity index is 2.60. The van der Waals surface area contributed by atoms with Gasteiger partial charge in [0.2, 0.25) is 11.4 Å². The molecule has 1 heterocycles. The van der Waals surface area contributed by atoms with Crippen molar-refractivity contribution in [1.82, 2.24) is 4.57 Å². The van der Waals surface area contributed by atoms with Crippen LogP contribution in [0.4, 0.5) is 4.39 Å². The van der Waals surface area contributed by atoms with Gasteiger partial charge < -0.3 is 9.67 Å². The van der Waals surface area contributed by atoms with E-state index in [0.29, 0.717) is 16.5 Å². The van der Waals surface area contributed by atoms with E-state index in [1.165, 1.54) is 4.57 Å². The van der Waals surface area contributed by atoms with Gasteiger partial charge in [-0.2, -0.15) is 4.39 Å². The molecule has 2 aromatic rings. The van der Waals surface area contributed by atoms with Gasteiger partial charge in [-0.25, -0.2) is 4.79 Å². The van der Waals surface area contributed by atoms with Crippen molar-refractivity contribution in [1.29, 1.82) is 0 Å². The van der Waals surface area contributed by atoms with E-state index in [1.807, 2.05) is 6.07 Å². The van der Waals surface area contributed by atoms with Crippen LogP contribution in [-0.4, -0.2) is 15.6 Å². The van der Waals surface area contributed by atoms with Crippen LogP contribution in [0.15, 0.2) is 16.9 Å². The van der Waals surface area contributed by atoms with Crippen LogP contribution in [0.25, 0.3) is 10.9 Å². The van der Waals surface area contributed by atoms with Crippen molar-refractivity contribution in [2.75, 3.05) is 0 Å². The minimum Gasteiger partial charge on any atom is -0.477 e. The quantitative estimate of drug-likeness (QED) is 0.857. The lowest BCUT2D eigenvalue weighted by molar-refractivity contribution is 0.0688. The summed E-state index contributed by atoms with van der Waals surface area (Å²) in [6.45, 7) is 3.55. The highest BCUT2D eigenvalue weighted by Gasteiger charge is 2.32.